The van der Waals surface area contributed by atoms with Crippen LogP contribution in [-0.4, -0.2) is 23.1 Å². The maximum absolute atomic E-state index is 12.3. The van der Waals surface area contributed by atoms with Crippen molar-refractivity contribution in [2.45, 2.75) is 0 Å². The van der Waals surface area contributed by atoms with Crippen molar-refractivity contribution in [2.24, 2.45) is 7.05 Å². The Morgan fingerprint density at radius 3 is 2.54 bits per heavy atom. The molecule has 0 fully saturated rings. The van der Waals surface area contributed by atoms with E-state index in [1.54, 1.807) is 6.20 Å². The molecule has 0 aliphatic carbocycles. The number of fused-ring (bicyclic) bond motifs is 1. The van der Waals surface area contributed by atoms with Crippen LogP contribution < -0.4 is 5.32 Å². The van der Waals surface area contributed by atoms with Crippen LogP contribution in [0.1, 0.15) is 10.4 Å². The number of benzene rings is 2. The molecule has 0 saturated carbocycles. The van der Waals surface area contributed by atoms with Crippen molar-refractivity contribution in [3.8, 4) is 0 Å². The molecule has 134 valence electrons. The van der Waals surface area contributed by atoms with Gasteiger partial charge in [0.2, 0.25) is 0 Å². The van der Waals surface area contributed by atoms with Gasteiger partial charge in [0.15, 0.2) is 6.61 Å². The Morgan fingerprint density at radius 1 is 1.08 bits per heavy atom. The summed E-state index contributed by atoms with van der Waals surface area (Å²) >= 11 is 17.8. The van der Waals surface area contributed by atoms with Gasteiger partial charge in [-0.2, -0.15) is 0 Å². The zero-order valence-electron chi connectivity index (χ0n) is 13.6. The summed E-state index contributed by atoms with van der Waals surface area (Å²) in [6, 6.07) is 10.3. The lowest BCUT2D eigenvalue weighted by Crippen LogP contribution is -2.21. The monoisotopic (exact) mass is 410 g/mol. The highest BCUT2D eigenvalue weighted by Crippen LogP contribution is 2.32. The fraction of sp³-hybridized carbons (Fsp3) is 0.111. The van der Waals surface area contributed by atoms with E-state index in [0.29, 0.717) is 5.56 Å². The van der Waals surface area contributed by atoms with Crippen LogP contribution in [0.4, 0.5) is 5.69 Å². The number of nitrogens with zero attached hydrogens (tertiary/aromatic N) is 1. The van der Waals surface area contributed by atoms with E-state index in [-0.39, 0.29) is 20.8 Å². The first-order chi connectivity index (χ1) is 12.4. The Kier molecular flexibility index (Phi) is 5.41. The number of carbonyl (C=O) groups is 2. The summed E-state index contributed by atoms with van der Waals surface area (Å²) in [5, 5.41) is 4.04. The number of carbonyl (C=O) groups excluding carboxylic acids is 2. The number of hydrogen-bond donors (Lipinski definition) is 1. The fourth-order valence-corrected chi connectivity index (χ4v) is 3.11. The van der Waals surface area contributed by atoms with Crippen LogP contribution in [0.5, 0.6) is 0 Å². The molecule has 0 aliphatic rings. The molecule has 0 unspecified atom stereocenters. The number of rotatable bonds is 4. The van der Waals surface area contributed by atoms with Crippen molar-refractivity contribution >= 4 is 63.3 Å². The molecular weight excluding hydrogens is 399 g/mol. The third-order valence-electron chi connectivity index (χ3n) is 3.74. The third-order valence-corrected chi connectivity index (χ3v) is 4.77. The highest BCUT2D eigenvalue weighted by Gasteiger charge is 2.17. The first-order valence-electron chi connectivity index (χ1n) is 7.52. The Morgan fingerprint density at radius 2 is 1.77 bits per heavy atom. The van der Waals surface area contributed by atoms with Gasteiger partial charge in [0.1, 0.15) is 0 Å². The Bertz CT molecular complexity index is 1010. The van der Waals surface area contributed by atoms with Gasteiger partial charge < -0.3 is 14.6 Å². The Labute approximate surface area is 164 Å². The van der Waals surface area contributed by atoms with E-state index in [4.69, 9.17) is 39.5 Å². The number of halogens is 3. The summed E-state index contributed by atoms with van der Waals surface area (Å²) < 4.78 is 6.93. The molecule has 1 amide bonds. The first kappa shape index (κ1) is 18.6. The lowest BCUT2D eigenvalue weighted by atomic mass is 10.2. The average molecular weight is 412 g/mol. The van der Waals surface area contributed by atoms with Crippen molar-refractivity contribution in [3.63, 3.8) is 0 Å². The molecule has 0 saturated heterocycles. The van der Waals surface area contributed by atoms with Crippen molar-refractivity contribution < 1.29 is 14.3 Å². The minimum absolute atomic E-state index is 0.230. The molecule has 0 spiro atoms. The quantitative estimate of drug-likeness (QED) is 0.489. The van der Waals surface area contributed by atoms with Gasteiger partial charge in [-0.1, -0.05) is 53.0 Å². The van der Waals surface area contributed by atoms with E-state index in [0.717, 1.165) is 10.9 Å². The number of ether oxygens (including phenoxy) is 1. The van der Waals surface area contributed by atoms with Gasteiger partial charge in [0.05, 0.1) is 26.3 Å². The van der Waals surface area contributed by atoms with Gasteiger partial charge in [-0.25, -0.2) is 4.79 Å². The molecule has 26 heavy (non-hydrogen) atoms. The largest absolute Gasteiger partial charge is 0.452 e. The SMILES string of the molecule is Cn1cc(C(=O)OCC(=O)Nc2cc(Cl)c(Cl)cc2Cl)c2ccccc21. The summed E-state index contributed by atoms with van der Waals surface area (Å²) in [5.74, 6) is -1.13. The lowest BCUT2D eigenvalue weighted by Gasteiger charge is -2.09. The second-order valence-corrected chi connectivity index (χ2v) is 6.76. The zero-order valence-corrected chi connectivity index (χ0v) is 15.8. The van der Waals surface area contributed by atoms with E-state index in [9.17, 15) is 9.59 Å². The minimum Gasteiger partial charge on any atom is -0.452 e. The van der Waals surface area contributed by atoms with E-state index in [2.05, 4.69) is 5.32 Å². The molecular formula is C18H13Cl3N2O3. The number of aryl methyl sites for hydroxylation is 1. The second kappa shape index (κ2) is 7.58. The molecule has 2 aromatic carbocycles. The Balaban J connectivity index is 1.68. The van der Waals surface area contributed by atoms with Crippen molar-refractivity contribution in [3.05, 3.63) is 63.2 Å². The number of para-hydroxylation sites is 1. The van der Waals surface area contributed by atoms with Crippen molar-refractivity contribution in [1.82, 2.24) is 4.57 Å². The van der Waals surface area contributed by atoms with Gasteiger partial charge in [-0.3, -0.25) is 4.79 Å². The van der Waals surface area contributed by atoms with Gasteiger partial charge in [0, 0.05) is 24.1 Å². The van der Waals surface area contributed by atoms with Crippen LogP contribution in [-0.2, 0) is 16.6 Å². The highest BCUT2D eigenvalue weighted by atomic mass is 35.5. The Hall–Kier alpha value is -2.21. The van der Waals surface area contributed by atoms with E-state index in [1.165, 1.54) is 12.1 Å². The zero-order chi connectivity index (χ0) is 18.8. The highest BCUT2D eigenvalue weighted by molar-refractivity contribution is 6.44. The minimum atomic E-state index is -0.586. The molecule has 5 nitrogen and oxygen atoms in total. The number of aromatic nitrogens is 1. The maximum Gasteiger partial charge on any atom is 0.340 e. The van der Waals surface area contributed by atoms with Crippen LogP contribution in [0.15, 0.2) is 42.6 Å². The van der Waals surface area contributed by atoms with Crippen LogP contribution in [0, 0.1) is 0 Å². The van der Waals surface area contributed by atoms with Gasteiger partial charge in [0.25, 0.3) is 5.91 Å². The average Bonchev–Trinajstić information content (AvgIpc) is 2.95. The van der Waals surface area contributed by atoms with E-state index < -0.39 is 18.5 Å². The summed E-state index contributed by atoms with van der Waals surface area (Å²) in [4.78, 5) is 24.4. The summed E-state index contributed by atoms with van der Waals surface area (Å²) in [5.41, 5.74) is 1.57. The molecule has 8 heteroatoms. The van der Waals surface area contributed by atoms with Gasteiger partial charge >= 0.3 is 5.97 Å². The summed E-state index contributed by atoms with van der Waals surface area (Å²) in [6.45, 7) is -0.460. The molecule has 0 bridgehead atoms. The standard InChI is InChI=1S/C18H13Cl3N2O3/c1-23-8-11(10-4-2-3-5-16(10)23)18(25)26-9-17(24)22-15-7-13(20)12(19)6-14(15)21/h2-8H,9H2,1H3,(H,22,24). The molecule has 1 N–H and O–H groups in total. The number of anilines is 1. The number of esters is 1. The molecule has 0 atom stereocenters. The van der Waals surface area contributed by atoms with E-state index >= 15 is 0 Å². The second-order valence-electron chi connectivity index (χ2n) is 5.54. The number of nitrogens with one attached hydrogen (secondary N) is 1. The first-order valence-corrected chi connectivity index (χ1v) is 8.66. The van der Waals surface area contributed by atoms with Crippen LogP contribution in [0.25, 0.3) is 10.9 Å². The van der Waals surface area contributed by atoms with Gasteiger partial charge in [-0.15, -0.1) is 0 Å². The smallest absolute Gasteiger partial charge is 0.340 e. The maximum atomic E-state index is 12.3. The fourth-order valence-electron chi connectivity index (χ4n) is 2.52. The molecule has 1 heterocycles. The molecule has 0 aliphatic heterocycles. The van der Waals surface area contributed by atoms with Crippen LogP contribution in [0.3, 0.4) is 0 Å². The summed E-state index contributed by atoms with van der Waals surface area (Å²) in [7, 11) is 1.83. The van der Waals surface area contributed by atoms with Crippen molar-refractivity contribution in [1.29, 1.82) is 0 Å². The predicted molar refractivity (Wildman–Crippen MR) is 103 cm³/mol. The van der Waals surface area contributed by atoms with Crippen LogP contribution in [0.2, 0.25) is 15.1 Å². The predicted octanol–water partition coefficient (Wildman–Crippen LogP) is 4.93. The molecule has 3 rings (SSSR count). The molecule has 0 radical (unpaired) electrons. The lowest BCUT2D eigenvalue weighted by molar-refractivity contribution is -0.119. The molecule has 1 aromatic heterocycles. The van der Waals surface area contributed by atoms with Crippen LogP contribution >= 0.6 is 34.8 Å². The number of amides is 1. The number of hydrogen-bond acceptors (Lipinski definition) is 3. The topological polar surface area (TPSA) is 60.3 Å². The van der Waals surface area contributed by atoms with Crippen molar-refractivity contribution in [2.75, 3.05) is 11.9 Å². The van der Waals surface area contributed by atoms with Gasteiger partial charge in [-0.05, 0) is 18.2 Å². The normalized spacial score (nSPS) is 10.8. The molecule has 3 aromatic rings. The third kappa shape index (κ3) is 3.80. The van der Waals surface area contributed by atoms with E-state index in [1.807, 2.05) is 35.9 Å². The summed E-state index contributed by atoms with van der Waals surface area (Å²) in [6.07, 6.45) is 1.67.